The summed E-state index contributed by atoms with van der Waals surface area (Å²) in [5, 5.41) is 0. The Morgan fingerprint density at radius 3 is 1.31 bits per heavy atom. The van der Waals surface area contributed by atoms with E-state index in [-0.39, 0.29) is 13.0 Å². The number of carbonyl (C=O) groups is 1. The molecule has 5 rings (SSSR count). The summed E-state index contributed by atoms with van der Waals surface area (Å²) in [6.45, 7) is 1.82. The van der Waals surface area contributed by atoms with E-state index in [1.807, 2.05) is 121 Å². The first-order valence-corrected chi connectivity index (χ1v) is 14.5. The normalized spacial score (nSPS) is 22.0. The van der Waals surface area contributed by atoms with Gasteiger partial charge < -0.3 is 28.5 Å². The number of benzene rings is 4. The van der Waals surface area contributed by atoms with Gasteiger partial charge in [0.2, 0.25) is 0 Å². The Morgan fingerprint density at radius 1 is 0.500 bits per heavy atom. The van der Waals surface area contributed by atoms with Gasteiger partial charge in [0.15, 0.2) is 0 Å². The van der Waals surface area contributed by atoms with Crippen molar-refractivity contribution in [2.24, 2.45) is 0 Å². The predicted octanol–water partition coefficient (Wildman–Crippen LogP) is 6.32. The van der Waals surface area contributed by atoms with Gasteiger partial charge in [0.05, 0.1) is 39.1 Å². The Morgan fingerprint density at radius 2 is 0.881 bits per heavy atom. The summed E-state index contributed by atoms with van der Waals surface area (Å²) in [6, 6.07) is 40.0. The highest BCUT2D eigenvalue weighted by atomic mass is 16.6. The molecule has 0 N–H and O–H groups in total. The van der Waals surface area contributed by atoms with E-state index < -0.39 is 30.5 Å². The number of hydrogen-bond acceptors (Lipinski definition) is 6. The van der Waals surface area contributed by atoms with Gasteiger partial charge in [0.25, 0.3) is 0 Å². The van der Waals surface area contributed by atoms with Crippen LogP contribution in [0, 0.1) is 0 Å². The van der Waals surface area contributed by atoms with Crippen molar-refractivity contribution >= 4 is 6.29 Å². The average molecular weight is 567 g/mol. The molecule has 0 spiro atoms. The minimum Gasteiger partial charge on any atom is -0.374 e. The summed E-state index contributed by atoms with van der Waals surface area (Å²) in [5.41, 5.74) is 4.18. The van der Waals surface area contributed by atoms with E-state index in [2.05, 4.69) is 0 Å². The van der Waals surface area contributed by atoms with Crippen molar-refractivity contribution < 1.29 is 28.5 Å². The first-order chi connectivity index (χ1) is 20.8. The van der Waals surface area contributed by atoms with Crippen LogP contribution in [-0.4, -0.2) is 43.4 Å². The molecule has 6 heteroatoms. The summed E-state index contributed by atoms with van der Waals surface area (Å²) >= 11 is 0. The molecule has 0 unspecified atom stereocenters. The van der Waals surface area contributed by atoms with Crippen LogP contribution in [0.3, 0.4) is 0 Å². The Balaban J connectivity index is 1.40. The van der Waals surface area contributed by atoms with Crippen LogP contribution in [0.2, 0.25) is 0 Å². The molecule has 6 nitrogen and oxygen atoms in total. The SMILES string of the molecule is O=CC[C@@H]1O[C@H](COCc2ccccc2)[C@@H](OCc2ccccc2)[C@H](OCc2ccccc2)[C@@H]1OCc1ccccc1. The van der Waals surface area contributed by atoms with Crippen molar-refractivity contribution in [3.05, 3.63) is 144 Å². The molecule has 42 heavy (non-hydrogen) atoms. The van der Waals surface area contributed by atoms with E-state index in [9.17, 15) is 4.79 Å². The molecule has 218 valence electrons. The van der Waals surface area contributed by atoms with Crippen molar-refractivity contribution in [3.8, 4) is 0 Å². The zero-order chi connectivity index (χ0) is 28.8. The van der Waals surface area contributed by atoms with Gasteiger partial charge in [-0.25, -0.2) is 0 Å². The fourth-order valence-corrected chi connectivity index (χ4v) is 5.17. The molecule has 4 aromatic carbocycles. The van der Waals surface area contributed by atoms with Crippen molar-refractivity contribution in [1.29, 1.82) is 0 Å². The largest absolute Gasteiger partial charge is 0.374 e. The molecular formula is C36H38O6. The lowest BCUT2D eigenvalue weighted by molar-refractivity contribution is -0.272. The molecule has 0 radical (unpaired) electrons. The van der Waals surface area contributed by atoms with E-state index >= 15 is 0 Å². The first-order valence-electron chi connectivity index (χ1n) is 14.5. The van der Waals surface area contributed by atoms with E-state index in [0.29, 0.717) is 26.4 Å². The first kappa shape index (κ1) is 29.8. The molecule has 0 aliphatic carbocycles. The third-order valence-corrected chi connectivity index (χ3v) is 7.31. The molecule has 0 bridgehead atoms. The molecule has 0 amide bonds. The average Bonchev–Trinajstić information content (AvgIpc) is 3.05. The third kappa shape index (κ3) is 8.68. The molecule has 0 saturated carbocycles. The molecule has 1 aliphatic heterocycles. The quantitative estimate of drug-likeness (QED) is 0.157. The molecule has 1 aliphatic rings. The predicted molar refractivity (Wildman–Crippen MR) is 160 cm³/mol. The van der Waals surface area contributed by atoms with Gasteiger partial charge in [-0.15, -0.1) is 0 Å². The Hall–Kier alpha value is -3.65. The number of aldehydes is 1. The molecular weight excluding hydrogens is 528 g/mol. The van der Waals surface area contributed by atoms with Gasteiger partial charge in [-0.05, 0) is 22.3 Å². The van der Waals surface area contributed by atoms with Crippen molar-refractivity contribution in [3.63, 3.8) is 0 Å². The van der Waals surface area contributed by atoms with Crippen LogP contribution in [0.25, 0.3) is 0 Å². The lowest BCUT2D eigenvalue weighted by Gasteiger charge is -2.46. The number of ether oxygens (including phenoxy) is 5. The van der Waals surface area contributed by atoms with Gasteiger partial charge in [-0.2, -0.15) is 0 Å². The summed E-state index contributed by atoms with van der Waals surface area (Å²) in [4.78, 5) is 11.8. The van der Waals surface area contributed by atoms with E-state index in [0.717, 1.165) is 28.5 Å². The maximum atomic E-state index is 11.8. The van der Waals surface area contributed by atoms with Crippen molar-refractivity contribution in [2.75, 3.05) is 6.61 Å². The molecule has 5 atom stereocenters. The Bertz CT molecular complexity index is 1300. The summed E-state index contributed by atoms with van der Waals surface area (Å²) in [5.74, 6) is 0. The lowest BCUT2D eigenvalue weighted by Crippen LogP contribution is -2.61. The van der Waals surface area contributed by atoms with Crippen LogP contribution >= 0.6 is 0 Å². The third-order valence-electron chi connectivity index (χ3n) is 7.31. The Kier molecular flexibility index (Phi) is 11.4. The Labute approximate surface area is 248 Å². The van der Waals surface area contributed by atoms with E-state index in [1.54, 1.807) is 0 Å². The second-order valence-corrected chi connectivity index (χ2v) is 10.4. The highest BCUT2D eigenvalue weighted by Crippen LogP contribution is 2.32. The van der Waals surface area contributed by atoms with E-state index in [4.69, 9.17) is 23.7 Å². The standard InChI is InChI=1S/C36H38O6/c37-22-21-32-34(39-24-29-15-7-2-8-16-29)36(41-26-31-19-11-4-12-20-31)35(40-25-30-17-9-3-10-18-30)33(42-32)27-38-23-28-13-5-1-6-14-28/h1-20,22,32-36H,21,23-27H2/t32-,33+,34+,35+,36+/m0/s1. The van der Waals surface area contributed by atoms with Gasteiger partial charge >= 0.3 is 0 Å². The van der Waals surface area contributed by atoms with Gasteiger partial charge in [0.1, 0.15) is 30.7 Å². The van der Waals surface area contributed by atoms with Crippen LogP contribution in [0.4, 0.5) is 0 Å². The summed E-state index contributed by atoms with van der Waals surface area (Å²) < 4.78 is 32.5. The van der Waals surface area contributed by atoms with Crippen LogP contribution in [0.5, 0.6) is 0 Å². The van der Waals surface area contributed by atoms with E-state index in [1.165, 1.54) is 0 Å². The molecule has 1 saturated heterocycles. The maximum Gasteiger partial charge on any atom is 0.122 e. The topological polar surface area (TPSA) is 63.2 Å². The molecule has 1 heterocycles. The fourth-order valence-electron chi connectivity index (χ4n) is 5.17. The smallest absolute Gasteiger partial charge is 0.122 e. The molecule has 1 fully saturated rings. The molecule has 0 aromatic heterocycles. The minimum atomic E-state index is -0.537. The number of rotatable bonds is 15. The number of hydrogen-bond donors (Lipinski definition) is 0. The highest BCUT2D eigenvalue weighted by Gasteiger charge is 2.48. The van der Waals surface area contributed by atoms with Crippen LogP contribution in [0.1, 0.15) is 28.7 Å². The zero-order valence-corrected chi connectivity index (χ0v) is 23.7. The van der Waals surface area contributed by atoms with Crippen molar-refractivity contribution in [1.82, 2.24) is 0 Å². The second kappa shape index (κ2) is 16.1. The van der Waals surface area contributed by atoms with Gasteiger partial charge in [-0.1, -0.05) is 121 Å². The van der Waals surface area contributed by atoms with Crippen LogP contribution in [-0.2, 0) is 54.9 Å². The number of carbonyl (C=O) groups excluding carboxylic acids is 1. The zero-order valence-electron chi connectivity index (χ0n) is 23.7. The monoisotopic (exact) mass is 566 g/mol. The fraction of sp³-hybridized carbons (Fsp3) is 0.306. The van der Waals surface area contributed by atoms with Gasteiger partial charge in [0, 0.05) is 6.42 Å². The van der Waals surface area contributed by atoms with Crippen LogP contribution in [0.15, 0.2) is 121 Å². The molecule has 4 aromatic rings. The van der Waals surface area contributed by atoms with Crippen molar-refractivity contribution in [2.45, 2.75) is 63.4 Å². The maximum absolute atomic E-state index is 11.8. The highest BCUT2D eigenvalue weighted by molar-refractivity contribution is 5.50. The van der Waals surface area contributed by atoms with Crippen LogP contribution < -0.4 is 0 Å². The minimum absolute atomic E-state index is 0.172. The summed E-state index contributed by atoms with van der Waals surface area (Å²) in [7, 11) is 0. The van der Waals surface area contributed by atoms with Gasteiger partial charge in [-0.3, -0.25) is 0 Å². The lowest BCUT2D eigenvalue weighted by atomic mass is 9.92. The second-order valence-electron chi connectivity index (χ2n) is 10.4. The summed E-state index contributed by atoms with van der Waals surface area (Å²) in [6.07, 6.45) is -1.50.